The highest BCUT2D eigenvalue weighted by Gasteiger charge is 2.25. The SMILES string of the molecule is COC(=O)/C=C/CNC(=O)C1CCN(c2nc(C)cs2)CC1. The van der Waals surface area contributed by atoms with Crippen LogP contribution in [0.4, 0.5) is 5.13 Å². The number of nitrogens with zero attached hydrogens (tertiary/aromatic N) is 2. The van der Waals surface area contributed by atoms with Gasteiger partial charge in [0.05, 0.1) is 12.8 Å². The maximum Gasteiger partial charge on any atom is 0.330 e. The lowest BCUT2D eigenvalue weighted by molar-refractivity contribution is -0.135. The first-order valence-electron chi connectivity index (χ1n) is 7.29. The number of piperidine rings is 1. The zero-order valence-electron chi connectivity index (χ0n) is 12.9. The first kappa shape index (κ1) is 16.5. The molecule has 2 heterocycles. The fourth-order valence-corrected chi connectivity index (χ4v) is 3.20. The molecule has 1 aromatic heterocycles. The van der Waals surface area contributed by atoms with Gasteiger partial charge in [0.15, 0.2) is 5.13 Å². The standard InChI is InChI=1S/C15H21N3O3S/c1-11-10-22-15(17-11)18-8-5-12(6-9-18)14(20)16-7-3-4-13(19)21-2/h3-4,10,12H,5-9H2,1-2H3,(H,16,20)/b4-3+. The second kappa shape index (κ2) is 7.93. The molecule has 0 aliphatic carbocycles. The van der Waals surface area contributed by atoms with Crippen molar-refractivity contribution in [2.75, 3.05) is 31.6 Å². The highest BCUT2D eigenvalue weighted by atomic mass is 32.1. The van der Waals surface area contributed by atoms with E-state index in [9.17, 15) is 9.59 Å². The quantitative estimate of drug-likeness (QED) is 0.657. The smallest absolute Gasteiger partial charge is 0.330 e. The van der Waals surface area contributed by atoms with Crippen LogP contribution in [0.5, 0.6) is 0 Å². The average Bonchev–Trinajstić information content (AvgIpc) is 2.97. The van der Waals surface area contributed by atoms with Crippen LogP contribution in [0.2, 0.25) is 0 Å². The Hall–Kier alpha value is -1.89. The Morgan fingerprint density at radius 2 is 2.23 bits per heavy atom. The molecule has 0 aromatic carbocycles. The summed E-state index contributed by atoms with van der Waals surface area (Å²) in [7, 11) is 1.32. The van der Waals surface area contributed by atoms with Crippen molar-refractivity contribution in [2.24, 2.45) is 5.92 Å². The van der Waals surface area contributed by atoms with E-state index in [1.165, 1.54) is 13.2 Å². The summed E-state index contributed by atoms with van der Waals surface area (Å²) in [5, 5.41) is 5.91. The maximum absolute atomic E-state index is 12.1. The third-order valence-electron chi connectivity index (χ3n) is 3.59. The van der Waals surface area contributed by atoms with Crippen molar-refractivity contribution in [1.82, 2.24) is 10.3 Å². The Labute approximate surface area is 134 Å². The van der Waals surface area contributed by atoms with Gasteiger partial charge in [0.2, 0.25) is 5.91 Å². The van der Waals surface area contributed by atoms with Gasteiger partial charge in [-0.05, 0) is 19.8 Å². The zero-order valence-corrected chi connectivity index (χ0v) is 13.7. The Morgan fingerprint density at radius 1 is 1.50 bits per heavy atom. The van der Waals surface area contributed by atoms with E-state index in [0.29, 0.717) is 6.54 Å². The van der Waals surface area contributed by atoms with E-state index in [2.05, 4.69) is 19.9 Å². The van der Waals surface area contributed by atoms with E-state index in [-0.39, 0.29) is 11.8 Å². The number of amides is 1. The van der Waals surface area contributed by atoms with E-state index in [4.69, 9.17) is 0 Å². The minimum absolute atomic E-state index is 0.0313. The molecule has 0 atom stereocenters. The Bertz CT molecular complexity index is 548. The van der Waals surface area contributed by atoms with Crippen molar-refractivity contribution < 1.29 is 14.3 Å². The van der Waals surface area contributed by atoms with Crippen LogP contribution in [0.3, 0.4) is 0 Å². The molecule has 0 radical (unpaired) electrons. The number of aryl methyl sites for hydroxylation is 1. The van der Waals surface area contributed by atoms with Crippen LogP contribution in [0.1, 0.15) is 18.5 Å². The van der Waals surface area contributed by atoms with Crippen LogP contribution in [0, 0.1) is 12.8 Å². The highest BCUT2D eigenvalue weighted by Crippen LogP contribution is 2.26. The third kappa shape index (κ3) is 4.56. The Kier molecular flexibility index (Phi) is 5.94. The van der Waals surface area contributed by atoms with Gasteiger partial charge in [-0.2, -0.15) is 0 Å². The van der Waals surface area contributed by atoms with E-state index in [1.54, 1.807) is 17.4 Å². The fraction of sp³-hybridized carbons (Fsp3) is 0.533. The molecule has 6 nitrogen and oxygen atoms in total. The molecule has 22 heavy (non-hydrogen) atoms. The molecule has 1 aliphatic heterocycles. The second-order valence-corrected chi connectivity index (χ2v) is 6.04. The normalized spacial score (nSPS) is 16.0. The number of rotatable bonds is 5. The van der Waals surface area contributed by atoms with E-state index in [0.717, 1.165) is 36.8 Å². The molecular weight excluding hydrogens is 302 g/mol. The van der Waals surface area contributed by atoms with Crippen molar-refractivity contribution >= 4 is 28.3 Å². The van der Waals surface area contributed by atoms with Crippen LogP contribution >= 0.6 is 11.3 Å². The summed E-state index contributed by atoms with van der Waals surface area (Å²) >= 11 is 1.65. The molecule has 7 heteroatoms. The van der Waals surface area contributed by atoms with E-state index in [1.807, 2.05) is 12.3 Å². The number of thiazole rings is 1. The van der Waals surface area contributed by atoms with Gasteiger partial charge in [0, 0.05) is 37.0 Å². The summed E-state index contributed by atoms with van der Waals surface area (Å²) in [4.78, 5) is 29.7. The van der Waals surface area contributed by atoms with Crippen molar-refractivity contribution in [3.8, 4) is 0 Å². The van der Waals surface area contributed by atoms with Crippen LogP contribution < -0.4 is 10.2 Å². The van der Waals surface area contributed by atoms with Gasteiger partial charge in [0.25, 0.3) is 0 Å². The van der Waals surface area contributed by atoms with Gasteiger partial charge in [-0.25, -0.2) is 9.78 Å². The van der Waals surface area contributed by atoms with Crippen LogP contribution in [-0.4, -0.2) is 43.6 Å². The van der Waals surface area contributed by atoms with Gasteiger partial charge >= 0.3 is 5.97 Å². The molecule has 0 saturated carbocycles. The number of carbonyl (C=O) groups excluding carboxylic acids is 2. The molecule has 1 saturated heterocycles. The van der Waals surface area contributed by atoms with E-state index >= 15 is 0 Å². The van der Waals surface area contributed by atoms with Gasteiger partial charge in [-0.1, -0.05) is 6.08 Å². The molecule has 1 fully saturated rings. The molecule has 1 amide bonds. The summed E-state index contributed by atoms with van der Waals surface area (Å²) in [6, 6.07) is 0. The lowest BCUT2D eigenvalue weighted by atomic mass is 9.96. The molecule has 0 spiro atoms. The molecule has 1 aromatic rings. The number of hydrogen-bond acceptors (Lipinski definition) is 6. The molecule has 120 valence electrons. The third-order valence-corrected chi connectivity index (χ3v) is 4.61. The first-order valence-corrected chi connectivity index (χ1v) is 8.17. The number of hydrogen-bond donors (Lipinski definition) is 1. The molecule has 2 rings (SSSR count). The van der Waals surface area contributed by atoms with Gasteiger partial charge < -0.3 is 15.0 Å². The number of ether oxygens (including phenoxy) is 1. The second-order valence-electron chi connectivity index (χ2n) is 5.20. The number of aromatic nitrogens is 1. The van der Waals surface area contributed by atoms with Crippen molar-refractivity contribution in [2.45, 2.75) is 19.8 Å². The maximum atomic E-state index is 12.1. The number of carbonyl (C=O) groups is 2. The number of nitrogens with one attached hydrogen (secondary N) is 1. The van der Waals surface area contributed by atoms with Crippen LogP contribution in [0.15, 0.2) is 17.5 Å². The van der Waals surface area contributed by atoms with Gasteiger partial charge in [-0.15, -0.1) is 11.3 Å². The fourth-order valence-electron chi connectivity index (χ4n) is 2.35. The number of esters is 1. The lowest BCUT2D eigenvalue weighted by Crippen LogP contribution is -2.40. The number of anilines is 1. The van der Waals surface area contributed by atoms with Gasteiger partial charge in [-0.3, -0.25) is 4.79 Å². The zero-order chi connectivity index (χ0) is 15.9. The Balaban J connectivity index is 1.73. The minimum atomic E-state index is -0.415. The minimum Gasteiger partial charge on any atom is -0.466 e. The number of methoxy groups -OCH3 is 1. The molecule has 1 N–H and O–H groups in total. The summed E-state index contributed by atoms with van der Waals surface area (Å²) in [5.74, 6) is -0.338. The largest absolute Gasteiger partial charge is 0.466 e. The topological polar surface area (TPSA) is 71.5 Å². The van der Waals surface area contributed by atoms with E-state index < -0.39 is 5.97 Å². The molecule has 0 bridgehead atoms. The summed E-state index contributed by atoms with van der Waals surface area (Å²) in [6.45, 7) is 4.04. The van der Waals surface area contributed by atoms with Crippen molar-refractivity contribution in [3.05, 3.63) is 23.2 Å². The van der Waals surface area contributed by atoms with Crippen molar-refractivity contribution in [1.29, 1.82) is 0 Å². The Morgan fingerprint density at radius 3 is 2.82 bits per heavy atom. The molecule has 0 unspecified atom stereocenters. The predicted molar refractivity (Wildman–Crippen MR) is 86.0 cm³/mol. The monoisotopic (exact) mass is 323 g/mol. The molecular formula is C15H21N3O3S. The summed E-state index contributed by atoms with van der Waals surface area (Å²) in [5.41, 5.74) is 1.04. The summed E-state index contributed by atoms with van der Waals surface area (Å²) in [6.07, 6.45) is 4.56. The van der Waals surface area contributed by atoms with Gasteiger partial charge in [0.1, 0.15) is 0 Å². The van der Waals surface area contributed by atoms with Crippen LogP contribution in [-0.2, 0) is 14.3 Å². The average molecular weight is 323 g/mol. The summed E-state index contributed by atoms with van der Waals surface area (Å²) < 4.78 is 4.48. The van der Waals surface area contributed by atoms with Crippen molar-refractivity contribution in [3.63, 3.8) is 0 Å². The first-order chi connectivity index (χ1) is 10.6. The molecule has 1 aliphatic rings. The predicted octanol–water partition coefficient (Wildman–Crippen LogP) is 1.51. The van der Waals surface area contributed by atoms with Crippen LogP contribution in [0.25, 0.3) is 0 Å². The lowest BCUT2D eigenvalue weighted by Gasteiger charge is -2.30. The highest BCUT2D eigenvalue weighted by molar-refractivity contribution is 7.13.